The SMILES string of the molecule is c1ccc(-c2nc(-c3cccc4c3c3cc(-c5ccc6c(c5)c5ccccc5n6-c5ccccc5)ccc3n4-c3ccccc3)nc3c2oc2ccccc23)cc1. The molecule has 0 aliphatic carbocycles. The van der Waals surface area contributed by atoms with Gasteiger partial charge in [0.2, 0.25) is 0 Å². The van der Waals surface area contributed by atoms with Crippen molar-refractivity contribution in [1.29, 1.82) is 0 Å². The third kappa shape index (κ3) is 4.82. The van der Waals surface area contributed by atoms with E-state index in [2.05, 4.69) is 167 Å². The number of benzene rings is 8. The second-order valence-corrected chi connectivity index (χ2v) is 14.6. The Bertz CT molecular complexity index is 3510. The Morgan fingerprint density at radius 2 is 0.947 bits per heavy atom. The summed E-state index contributed by atoms with van der Waals surface area (Å²) < 4.78 is 11.2. The summed E-state index contributed by atoms with van der Waals surface area (Å²) in [6.07, 6.45) is 0. The molecule has 266 valence electrons. The number of hydrogen-bond donors (Lipinski definition) is 0. The molecule has 0 spiro atoms. The van der Waals surface area contributed by atoms with Gasteiger partial charge < -0.3 is 13.6 Å². The molecule has 57 heavy (non-hydrogen) atoms. The fourth-order valence-corrected chi connectivity index (χ4v) is 8.80. The van der Waals surface area contributed by atoms with Crippen molar-refractivity contribution in [2.75, 3.05) is 0 Å². The van der Waals surface area contributed by atoms with Crippen molar-refractivity contribution in [3.8, 4) is 45.1 Å². The zero-order chi connectivity index (χ0) is 37.5. The van der Waals surface area contributed by atoms with Gasteiger partial charge in [-0.1, -0.05) is 121 Å². The van der Waals surface area contributed by atoms with E-state index in [9.17, 15) is 0 Å². The van der Waals surface area contributed by atoms with Crippen LogP contribution in [0, 0.1) is 0 Å². The van der Waals surface area contributed by atoms with Gasteiger partial charge in [-0.05, 0) is 83.9 Å². The molecule has 5 nitrogen and oxygen atoms in total. The van der Waals surface area contributed by atoms with E-state index >= 15 is 0 Å². The average molecular weight is 729 g/mol. The van der Waals surface area contributed by atoms with Crippen LogP contribution in [-0.2, 0) is 0 Å². The molecule has 12 aromatic rings. The van der Waals surface area contributed by atoms with Gasteiger partial charge in [-0.2, -0.15) is 0 Å². The molecule has 0 bridgehead atoms. The Hall–Kier alpha value is -7.76. The predicted octanol–water partition coefficient (Wildman–Crippen LogP) is 13.6. The fourth-order valence-electron chi connectivity index (χ4n) is 8.80. The average Bonchev–Trinajstić information content (AvgIpc) is 3.94. The van der Waals surface area contributed by atoms with E-state index < -0.39 is 0 Å². The smallest absolute Gasteiger partial charge is 0.180 e. The number of para-hydroxylation sites is 4. The second-order valence-electron chi connectivity index (χ2n) is 14.6. The molecule has 0 aliphatic heterocycles. The number of fused-ring (bicyclic) bond motifs is 9. The lowest BCUT2D eigenvalue weighted by molar-refractivity contribution is 0.667. The molecule has 0 radical (unpaired) electrons. The number of hydrogen-bond acceptors (Lipinski definition) is 3. The Morgan fingerprint density at radius 1 is 0.386 bits per heavy atom. The lowest BCUT2D eigenvalue weighted by atomic mass is 9.99. The first-order valence-corrected chi connectivity index (χ1v) is 19.3. The summed E-state index contributed by atoms with van der Waals surface area (Å²) in [6.45, 7) is 0. The van der Waals surface area contributed by atoms with E-state index in [0.29, 0.717) is 11.4 Å². The molecular formula is C52H32N4O. The summed E-state index contributed by atoms with van der Waals surface area (Å²) in [7, 11) is 0. The van der Waals surface area contributed by atoms with Crippen LogP contribution in [0.15, 0.2) is 199 Å². The predicted molar refractivity (Wildman–Crippen MR) is 234 cm³/mol. The summed E-state index contributed by atoms with van der Waals surface area (Å²) in [5, 5.41) is 5.66. The summed E-state index contributed by atoms with van der Waals surface area (Å²) in [5.41, 5.74) is 14.2. The Morgan fingerprint density at radius 3 is 1.68 bits per heavy atom. The Kier molecular flexibility index (Phi) is 6.86. The van der Waals surface area contributed by atoms with E-state index in [0.717, 1.165) is 77.6 Å². The van der Waals surface area contributed by atoms with Gasteiger partial charge in [-0.25, -0.2) is 9.97 Å². The highest BCUT2D eigenvalue weighted by atomic mass is 16.3. The Labute approximate surface area is 327 Å². The van der Waals surface area contributed by atoms with Crippen LogP contribution in [0.25, 0.3) is 111 Å². The van der Waals surface area contributed by atoms with Crippen molar-refractivity contribution in [3.63, 3.8) is 0 Å². The van der Waals surface area contributed by atoms with Crippen molar-refractivity contribution in [3.05, 3.63) is 194 Å². The van der Waals surface area contributed by atoms with E-state index in [1.165, 1.54) is 21.8 Å². The molecule has 4 heterocycles. The van der Waals surface area contributed by atoms with Gasteiger partial charge in [0.1, 0.15) is 16.8 Å². The summed E-state index contributed by atoms with van der Waals surface area (Å²) in [5.74, 6) is 0.658. The summed E-state index contributed by atoms with van der Waals surface area (Å²) in [6, 6.07) is 68.5. The number of aromatic nitrogens is 4. The van der Waals surface area contributed by atoms with Gasteiger partial charge in [-0.15, -0.1) is 0 Å². The lowest BCUT2D eigenvalue weighted by Gasteiger charge is -2.09. The molecule has 0 unspecified atom stereocenters. The third-order valence-corrected chi connectivity index (χ3v) is 11.3. The first-order chi connectivity index (χ1) is 28.3. The molecule has 0 saturated carbocycles. The zero-order valence-corrected chi connectivity index (χ0v) is 30.7. The molecule has 0 N–H and O–H groups in total. The standard InChI is InChI=1S/C52H32N4O/c1-4-15-33(16-5-1)49-51-50(39-22-11-13-26-47(39)57-51)54-52(53-49)40-23-14-25-46-48(40)42-32-35(28-30-45(42)56(46)37-19-8-3-9-20-37)34-27-29-44-41(31-34)38-21-10-12-24-43(38)55(44)36-17-6-2-7-18-36/h1-32H. The van der Waals surface area contributed by atoms with Crippen LogP contribution in [-0.4, -0.2) is 19.1 Å². The van der Waals surface area contributed by atoms with Gasteiger partial charge in [0.05, 0.1) is 22.1 Å². The maximum Gasteiger partial charge on any atom is 0.180 e. The molecule has 0 amide bonds. The van der Waals surface area contributed by atoms with Crippen molar-refractivity contribution in [1.82, 2.24) is 19.1 Å². The molecule has 8 aromatic carbocycles. The number of furan rings is 1. The van der Waals surface area contributed by atoms with E-state index in [4.69, 9.17) is 14.4 Å². The van der Waals surface area contributed by atoms with Crippen LogP contribution in [0.1, 0.15) is 0 Å². The van der Waals surface area contributed by atoms with Gasteiger partial charge >= 0.3 is 0 Å². The molecule has 5 heteroatoms. The minimum Gasteiger partial charge on any atom is -0.452 e. The van der Waals surface area contributed by atoms with Gasteiger partial charge in [-0.3, -0.25) is 0 Å². The summed E-state index contributed by atoms with van der Waals surface area (Å²) in [4.78, 5) is 10.6. The molecule has 0 fully saturated rings. The fraction of sp³-hybridized carbons (Fsp3) is 0. The van der Waals surface area contributed by atoms with Crippen LogP contribution >= 0.6 is 0 Å². The quantitative estimate of drug-likeness (QED) is 0.177. The highest BCUT2D eigenvalue weighted by molar-refractivity contribution is 6.17. The van der Waals surface area contributed by atoms with Gasteiger partial charge in [0.25, 0.3) is 0 Å². The van der Waals surface area contributed by atoms with Crippen LogP contribution in [0.3, 0.4) is 0 Å². The van der Waals surface area contributed by atoms with Crippen LogP contribution in [0.2, 0.25) is 0 Å². The maximum atomic E-state index is 6.47. The van der Waals surface area contributed by atoms with Gasteiger partial charge in [0, 0.05) is 49.4 Å². The Balaban J connectivity index is 1.13. The number of rotatable bonds is 5. The van der Waals surface area contributed by atoms with E-state index in [-0.39, 0.29) is 0 Å². The van der Waals surface area contributed by atoms with Crippen LogP contribution in [0.5, 0.6) is 0 Å². The first-order valence-electron chi connectivity index (χ1n) is 19.3. The van der Waals surface area contributed by atoms with Crippen molar-refractivity contribution in [2.24, 2.45) is 0 Å². The number of nitrogens with zero attached hydrogens (tertiary/aromatic N) is 4. The topological polar surface area (TPSA) is 48.8 Å². The monoisotopic (exact) mass is 728 g/mol. The molecular weight excluding hydrogens is 697 g/mol. The van der Waals surface area contributed by atoms with E-state index in [1.54, 1.807) is 0 Å². The molecule has 0 atom stereocenters. The lowest BCUT2D eigenvalue weighted by Crippen LogP contribution is -1.95. The van der Waals surface area contributed by atoms with E-state index in [1.807, 2.05) is 36.4 Å². The van der Waals surface area contributed by atoms with Crippen molar-refractivity contribution < 1.29 is 4.42 Å². The maximum absolute atomic E-state index is 6.47. The van der Waals surface area contributed by atoms with Crippen LogP contribution < -0.4 is 0 Å². The highest BCUT2D eigenvalue weighted by Gasteiger charge is 2.22. The minimum atomic E-state index is 0.658. The third-order valence-electron chi connectivity index (χ3n) is 11.3. The largest absolute Gasteiger partial charge is 0.452 e. The highest BCUT2D eigenvalue weighted by Crippen LogP contribution is 2.42. The molecule has 12 rings (SSSR count). The summed E-state index contributed by atoms with van der Waals surface area (Å²) >= 11 is 0. The molecule has 4 aromatic heterocycles. The van der Waals surface area contributed by atoms with Crippen molar-refractivity contribution >= 4 is 65.7 Å². The zero-order valence-electron chi connectivity index (χ0n) is 30.7. The van der Waals surface area contributed by atoms with Crippen molar-refractivity contribution in [2.45, 2.75) is 0 Å². The molecule has 0 aliphatic rings. The first kappa shape index (κ1) is 31.6. The minimum absolute atomic E-state index is 0.658. The second kappa shape index (κ2) is 12.4. The molecule has 0 saturated heterocycles. The van der Waals surface area contributed by atoms with Crippen LogP contribution in [0.4, 0.5) is 0 Å². The van der Waals surface area contributed by atoms with Gasteiger partial charge in [0.15, 0.2) is 11.4 Å². The normalized spacial score (nSPS) is 11.9.